The SMILES string of the molecule is COc1cc2ncnc(Nc3ccc(F)c(Cl)c3)c2cc1OCCCc1cc2ccc3ccc[n+](C)c3c2[n+](C)c1. The van der Waals surface area contributed by atoms with E-state index in [1.54, 1.807) is 13.2 Å². The number of methoxy groups -OCH3 is 1. The molecule has 0 saturated carbocycles. The van der Waals surface area contributed by atoms with Gasteiger partial charge in [0.2, 0.25) is 0 Å². The number of benzene rings is 3. The fourth-order valence-electron chi connectivity index (χ4n) is 5.25. The molecule has 41 heavy (non-hydrogen) atoms. The summed E-state index contributed by atoms with van der Waals surface area (Å²) in [6, 6.07) is 18.9. The zero-order valence-corrected chi connectivity index (χ0v) is 23.7. The van der Waals surface area contributed by atoms with Gasteiger partial charge in [-0.2, -0.15) is 9.13 Å². The molecule has 0 unspecified atom stereocenters. The molecule has 1 N–H and O–H groups in total. The standard InChI is InChI=1S/C32H29ClFN5O2/c1-38-12-4-7-21-8-9-22-14-20(18-39(2)31(22)30(21)38)6-5-13-41-29-16-24-27(17-28(29)40-3)35-19-36-32(24)37-23-10-11-26(34)25(33)15-23/h4,7-12,14-19H,5-6,13H2,1-3H3,(H,35,36,37)/q+2. The monoisotopic (exact) mass is 569 g/mol. The van der Waals surface area contributed by atoms with E-state index in [1.807, 2.05) is 12.1 Å². The summed E-state index contributed by atoms with van der Waals surface area (Å²) in [6.07, 6.45) is 7.42. The van der Waals surface area contributed by atoms with E-state index in [1.165, 1.54) is 45.8 Å². The van der Waals surface area contributed by atoms with Crippen molar-refractivity contribution in [1.29, 1.82) is 0 Å². The first-order valence-electron chi connectivity index (χ1n) is 13.3. The number of hydrogen-bond acceptors (Lipinski definition) is 5. The van der Waals surface area contributed by atoms with Crippen LogP contribution < -0.4 is 23.9 Å². The number of nitrogens with zero attached hydrogens (tertiary/aromatic N) is 4. The maximum atomic E-state index is 13.6. The highest BCUT2D eigenvalue weighted by Gasteiger charge is 2.19. The van der Waals surface area contributed by atoms with Gasteiger partial charge in [-0.3, -0.25) is 0 Å². The molecule has 0 saturated heterocycles. The van der Waals surface area contributed by atoms with Crippen LogP contribution in [0.1, 0.15) is 12.0 Å². The summed E-state index contributed by atoms with van der Waals surface area (Å²) in [5, 5.41) is 6.39. The van der Waals surface area contributed by atoms with Gasteiger partial charge in [0.15, 0.2) is 23.9 Å². The highest BCUT2D eigenvalue weighted by atomic mass is 35.5. The highest BCUT2D eigenvalue weighted by molar-refractivity contribution is 6.31. The third-order valence-corrected chi connectivity index (χ3v) is 7.46. The predicted octanol–water partition coefficient (Wildman–Crippen LogP) is 6.14. The van der Waals surface area contributed by atoms with E-state index >= 15 is 0 Å². The summed E-state index contributed by atoms with van der Waals surface area (Å²) in [7, 11) is 5.79. The third kappa shape index (κ3) is 5.30. The van der Waals surface area contributed by atoms with Gasteiger partial charge in [-0.15, -0.1) is 0 Å². The molecule has 6 aromatic rings. The number of anilines is 2. The number of hydrogen-bond donors (Lipinski definition) is 1. The first-order valence-corrected chi connectivity index (χ1v) is 13.7. The minimum Gasteiger partial charge on any atom is -0.493 e. The number of aryl methyl sites for hydroxylation is 3. The van der Waals surface area contributed by atoms with Gasteiger partial charge in [0.05, 0.1) is 35.0 Å². The summed E-state index contributed by atoms with van der Waals surface area (Å²) < 4.78 is 29.8. The topological polar surface area (TPSA) is 64.0 Å². The molecule has 6 rings (SSSR count). The molecule has 7 nitrogen and oxygen atoms in total. The summed E-state index contributed by atoms with van der Waals surface area (Å²) in [5.41, 5.74) is 4.96. The van der Waals surface area contributed by atoms with Gasteiger partial charge < -0.3 is 14.8 Å². The van der Waals surface area contributed by atoms with Crippen LogP contribution in [0.2, 0.25) is 5.02 Å². The van der Waals surface area contributed by atoms with Gasteiger partial charge in [-0.1, -0.05) is 11.6 Å². The molecule has 206 valence electrons. The van der Waals surface area contributed by atoms with E-state index in [9.17, 15) is 4.39 Å². The highest BCUT2D eigenvalue weighted by Crippen LogP contribution is 2.35. The van der Waals surface area contributed by atoms with E-state index < -0.39 is 5.82 Å². The Hall–Kier alpha value is -4.56. The van der Waals surface area contributed by atoms with E-state index in [-0.39, 0.29) is 5.02 Å². The number of nitrogens with one attached hydrogen (secondary N) is 1. The first-order chi connectivity index (χ1) is 19.9. The maximum Gasteiger partial charge on any atom is 0.285 e. The molecule has 0 atom stereocenters. The number of aromatic nitrogens is 4. The number of rotatable bonds is 8. The van der Waals surface area contributed by atoms with Gasteiger partial charge in [0.1, 0.15) is 32.1 Å². The normalized spacial score (nSPS) is 11.3. The zero-order valence-electron chi connectivity index (χ0n) is 23.0. The predicted molar refractivity (Wildman–Crippen MR) is 158 cm³/mol. The molecule has 0 bridgehead atoms. The second kappa shape index (κ2) is 11.1. The molecule has 9 heteroatoms. The van der Waals surface area contributed by atoms with Crippen molar-refractivity contribution in [1.82, 2.24) is 9.97 Å². The molecule has 3 aromatic heterocycles. The molecule has 0 amide bonds. The van der Waals surface area contributed by atoms with Gasteiger partial charge in [0, 0.05) is 28.8 Å². The van der Waals surface area contributed by atoms with Crippen molar-refractivity contribution in [2.24, 2.45) is 14.1 Å². The lowest BCUT2D eigenvalue weighted by Crippen LogP contribution is -2.35. The summed E-state index contributed by atoms with van der Waals surface area (Å²) in [4.78, 5) is 8.77. The third-order valence-electron chi connectivity index (χ3n) is 7.18. The summed E-state index contributed by atoms with van der Waals surface area (Å²) in [6.45, 7) is 0.500. The van der Waals surface area contributed by atoms with E-state index in [2.05, 4.69) is 81.2 Å². The van der Waals surface area contributed by atoms with Crippen molar-refractivity contribution >= 4 is 55.8 Å². The Kier molecular flexibility index (Phi) is 7.24. The molecule has 0 radical (unpaired) electrons. The molecule has 0 aliphatic rings. The maximum absolute atomic E-state index is 13.6. The molecular weight excluding hydrogens is 541 g/mol. The van der Waals surface area contributed by atoms with Crippen LogP contribution in [0, 0.1) is 5.82 Å². The molecule has 0 aliphatic carbocycles. The van der Waals surface area contributed by atoms with Gasteiger partial charge in [-0.05, 0) is 61.4 Å². The number of halogens is 2. The van der Waals surface area contributed by atoms with E-state index in [0.717, 1.165) is 18.2 Å². The summed E-state index contributed by atoms with van der Waals surface area (Å²) >= 11 is 5.96. The largest absolute Gasteiger partial charge is 0.493 e. The second-order valence-electron chi connectivity index (χ2n) is 9.97. The summed E-state index contributed by atoms with van der Waals surface area (Å²) in [5.74, 6) is 1.25. The lowest BCUT2D eigenvalue weighted by Gasteiger charge is -2.14. The van der Waals surface area contributed by atoms with Crippen LogP contribution in [-0.2, 0) is 20.5 Å². The molecule has 3 heterocycles. The Morgan fingerprint density at radius 2 is 1.76 bits per heavy atom. The average molecular weight is 570 g/mol. The van der Waals surface area contributed by atoms with Crippen molar-refractivity contribution in [3.05, 3.63) is 95.8 Å². The van der Waals surface area contributed by atoms with Crippen LogP contribution in [0.3, 0.4) is 0 Å². The van der Waals surface area contributed by atoms with Gasteiger partial charge in [0.25, 0.3) is 11.0 Å². The van der Waals surface area contributed by atoms with Gasteiger partial charge in [-0.25, -0.2) is 14.4 Å². The van der Waals surface area contributed by atoms with E-state index in [4.69, 9.17) is 21.1 Å². The molecule has 0 fully saturated rings. The zero-order chi connectivity index (χ0) is 28.5. The van der Waals surface area contributed by atoms with Crippen molar-refractivity contribution < 1.29 is 23.0 Å². The molecule has 0 spiro atoms. The fraction of sp³-hybridized carbons (Fsp3) is 0.188. The Morgan fingerprint density at radius 1 is 0.927 bits per heavy atom. The van der Waals surface area contributed by atoms with Crippen LogP contribution in [-0.4, -0.2) is 23.7 Å². The quantitative estimate of drug-likeness (QED) is 0.135. The molecular formula is C32H29ClFN5O2+2. The second-order valence-corrected chi connectivity index (χ2v) is 10.4. The Labute approximate surface area is 241 Å². The number of fused-ring (bicyclic) bond motifs is 4. The van der Waals surface area contributed by atoms with Crippen LogP contribution in [0.25, 0.3) is 32.7 Å². The lowest BCUT2D eigenvalue weighted by atomic mass is 10.1. The van der Waals surface area contributed by atoms with Gasteiger partial charge >= 0.3 is 0 Å². The molecule has 0 aliphatic heterocycles. The van der Waals surface area contributed by atoms with Crippen molar-refractivity contribution in [3.63, 3.8) is 0 Å². The lowest BCUT2D eigenvalue weighted by molar-refractivity contribution is -0.664. The van der Waals surface area contributed by atoms with Crippen molar-refractivity contribution in [3.8, 4) is 11.5 Å². The minimum atomic E-state index is -0.481. The fourth-order valence-corrected chi connectivity index (χ4v) is 5.43. The minimum absolute atomic E-state index is 0.0291. The van der Waals surface area contributed by atoms with Crippen LogP contribution >= 0.6 is 11.6 Å². The smallest absolute Gasteiger partial charge is 0.285 e. The Balaban J connectivity index is 1.20. The number of pyridine rings is 2. The van der Waals surface area contributed by atoms with E-state index in [0.29, 0.717) is 35.1 Å². The molecule has 3 aromatic carbocycles. The van der Waals surface area contributed by atoms with Crippen LogP contribution in [0.15, 0.2) is 79.4 Å². The number of ether oxygens (including phenoxy) is 2. The average Bonchev–Trinajstić information content (AvgIpc) is 2.97. The van der Waals surface area contributed by atoms with Crippen LogP contribution in [0.5, 0.6) is 11.5 Å². The Bertz CT molecular complexity index is 1930. The van der Waals surface area contributed by atoms with Crippen LogP contribution in [0.4, 0.5) is 15.9 Å². The Morgan fingerprint density at radius 3 is 2.59 bits per heavy atom. The first kappa shape index (κ1) is 26.7. The van der Waals surface area contributed by atoms with Crippen molar-refractivity contribution in [2.45, 2.75) is 12.8 Å². The van der Waals surface area contributed by atoms with Crippen molar-refractivity contribution in [2.75, 3.05) is 19.0 Å².